The largest absolute Gasteiger partial charge is 0.493 e. The molecule has 0 heterocycles. The predicted molar refractivity (Wildman–Crippen MR) is 74.3 cm³/mol. The number of benzene rings is 2. The lowest BCUT2D eigenvalue weighted by atomic mass is 10.1. The van der Waals surface area contributed by atoms with Crippen molar-refractivity contribution in [2.75, 3.05) is 19.5 Å². The zero-order valence-corrected chi connectivity index (χ0v) is 10.7. The van der Waals surface area contributed by atoms with Gasteiger partial charge in [-0.2, -0.15) is 0 Å². The van der Waals surface area contributed by atoms with Crippen LogP contribution in [0.15, 0.2) is 48.5 Å². The molecule has 4 heteroatoms. The van der Waals surface area contributed by atoms with E-state index in [-0.39, 0.29) is 6.61 Å². The molecule has 0 bridgehead atoms. The van der Waals surface area contributed by atoms with Gasteiger partial charge in [0.15, 0.2) is 11.5 Å². The lowest BCUT2D eigenvalue weighted by molar-refractivity contribution is 0.106. The first kappa shape index (κ1) is 13.2. The molecule has 0 aliphatic rings. The highest BCUT2D eigenvalue weighted by Crippen LogP contribution is 2.27. The number of hydrogen-bond donors (Lipinski definition) is 2. The maximum absolute atomic E-state index is 10.0. The monoisotopic (exact) mass is 259 g/mol. The Morgan fingerprint density at radius 2 is 1.68 bits per heavy atom. The van der Waals surface area contributed by atoms with E-state index < -0.39 is 6.10 Å². The topological polar surface area (TPSA) is 64.7 Å². The summed E-state index contributed by atoms with van der Waals surface area (Å²) < 4.78 is 10.7. The first-order valence-corrected chi connectivity index (χ1v) is 6.00. The fraction of sp³-hybridized carbons (Fsp3) is 0.200. The highest BCUT2D eigenvalue weighted by molar-refractivity contribution is 5.41. The first-order valence-electron chi connectivity index (χ1n) is 6.00. The molecule has 0 saturated carbocycles. The van der Waals surface area contributed by atoms with Gasteiger partial charge in [-0.3, -0.25) is 0 Å². The van der Waals surface area contributed by atoms with Crippen LogP contribution < -0.4 is 15.2 Å². The number of aliphatic hydroxyl groups excluding tert-OH is 1. The van der Waals surface area contributed by atoms with Crippen LogP contribution in [0, 0.1) is 0 Å². The molecule has 0 aromatic heterocycles. The molecule has 0 fully saturated rings. The highest BCUT2D eigenvalue weighted by atomic mass is 16.5. The predicted octanol–water partition coefficient (Wildman–Crippen LogP) is 2.39. The molecule has 2 aromatic carbocycles. The van der Waals surface area contributed by atoms with Crippen LogP contribution in [-0.4, -0.2) is 18.8 Å². The maximum atomic E-state index is 10.0. The summed E-state index contributed by atoms with van der Waals surface area (Å²) in [5.74, 6) is 1.26. The van der Waals surface area contributed by atoms with Crippen LogP contribution in [0.25, 0.3) is 0 Å². The van der Waals surface area contributed by atoms with Gasteiger partial charge in [0.25, 0.3) is 0 Å². The lowest BCUT2D eigenvalue weighted by Crippen LogP contribution is -2.10. The van der Waals surface area contributed by atoms with Crippen molar-refractivity contribution >= 4 is 5.69 Å². The van der Waals surface area contributed by atoms with E-state index in [0.717, 1.165) is 5.56 Å². The molecule has 1 unspecified atom stereocenters. The number of rotatable bonds is 5. The minimum atomic E-state index is -0.703. The number of nitrogens with two attached hydrogens (primary N) is 1. The number of aliphatic hydroxyl groups is 1. The van der Waals surface area contributed by atoms with E-state index in [9.17, 15) is 5.11 Å². The van der Waals surface area contributed by atoms with Crippen LogP contribution in [0.1, 0.15) is 11.7 Å². The smallest absolute Gasteiger partial charge is 0.161 e. The third kappa shape index (κ3) is 3.39. The number of ether oxygens (including phenoxy) is 2. The zero-order valence-electron chi connectivity index (χ0n) is 10.7. The molecular formula is C15H17NO3. The Labute approximate surface area is 112 Å². The summed E-state index contributed by atoms with van der Waals surface area (Å²) in [7, 11) is 1.58. The second-order valence-electron chi connectivity index (χ2n) is 4.14. The van der Waals surface area contributed by atoms with E-state index in [1.807, 2.05) is 18.2 Å². The van der Waals surface area contributed by atoms with Crippen molar-refractivity contribution < 1.29 is 14.6 Å². The van der Waals surface area contributed by atoms with Gasteiger partial charge in [-0.1, -0.05) is 24.3 Å². The second kappa shape index (κ2) is 6.11. The summed E-state index contributed by atoms with van der Waals surface area (Å²) in [5.41, 5.74) is 7.04. The summed E-state index contributed by atoms with van der Waals surface area (Å²) in [6.07, 6.45) is -0.703. The van der Waals surface area contributed by atoms with Crippen LogP contribution in [0.3, 0.4) is 0 Å². The van der Waals surface area contributed by atoms with Gasteiger partial charge in [0, 0.05) is 5.69 Å². The second-order valence-corrected chi connectivity index (χ2v) is 4.14. The number of nitrogen functional groups attached to an aromatic ring is 1. The van der Waals surface area contributed by atoms with Crippen LogP contribution in [0.5, 0.6) is 11.5 Å². The molecule has 2 aromatic rings. The molecule has 0 aliphatic carbocycles. The van der Waals surface area contributed by atoms with Crippen molar-refractivity contribution in [3.63, 3.8) is 0 Å². The molecule has 0 saturated heterocycles. The van der Waals surface area contributed by atoms with Crippen molar-refractivity contribution in [1.82, 2.24) is 0 Å². The molecule has 0 radical (unpaired) electrons. The van der Waals surface area contributed by atoms with E-state index in [2.05, 4.69) is 0 Å². The third-order valence-electron chi connectivity index (χ3n) is 2.79. The minimum absolute atomic E-state index is 0.157. The summed E-state index contributed by atoms with van der Waals surface area (Å²) in [6, 6.07) is 14.4. The van der Waals surface area contributed by atoms with E-state index in [1.54, 1.807) is 37.4 Å². The Morgan fingerprint density at radius 1 is 1.05 bits per heavy atom. The molecule has 2 rings (SSSR count). The molecule has 3 N–H and O–H groups in total. The Hall–Kier alpha value is -2.20. The fourth-order valence-electron chi connectivity index (χ4n) is 1.72. The Kier molecular flexibility index (Phi) is 4.26. The number of anilines is 1. The van der Waals surface area contributed by atoms with Gasteiger partial charge < -0.3 is 20.3 Å². The zero-order chi connectivity index (χ0) is 13.7. The quantitative estimate of drug-likeness (QED) is 0.809. The van der Waals surface area contributed by atoms with Crippen molar-refractivity contribution in [2.45, 2.75) is 6.10 Å². The van der Waals surface area contributed by atoms with Crippen LogP contribution >= 0.6 is 0 Å². The average Bonchev–Trinajstić information content (AvgIpc) is 2.45. The maximum Gasteiger partial charge on any atom is 0.161 e. The van der Waals surface area contributed by atoms with Crippen LogP contribution in [0.2, 0.25) is 0 Å². The van der Waals surface area contributed by atoms with Crippen molar-refractivity contribution in [3.8, 4) is 11.5 Å². The normalized spacial score (nSPS) is 11.9. The summed E-state index contributed by atoms with van der Waals surface area (Å²) >= 11 is 0. The number of hydrogen-bond acceptors (Lipinski definition) is 4. The first-order chi connectivity index (χ1) is 9.20. The van der Waals surface area contributed by atoms with Gasteiger partial charge in [0.1, 0.15) is 12.7 Å². The van der Waals surface area contributed by atoms with E-state index in [1.165, 1.54) is 0 Å². The molecule has 0 amide bonds. The molecular weight excluding hydrogens is 242 g/mol. The standard InChI is InChI=1S/C15H17NO3/c1-18-14-4-2-3-5-15(14)19-10-13(17)11-6-8-12(16)9-7-11/h2-9,13,17H,10,16H2,1H3. The SMILES string of the molecule is COc1ccccc1OCC(O)c1ccc(N)cc1. The summed E-state index contributed by atoms with van der Waals surface area (Å²) in [4.78, 5) is 0. The van der Waals surface area contributed by atoms with Crippen molar-refractivity contribution in [3.05, 3.63) is 54.1 Å². The molecule has 1 atom stereocenters. The van der Waals surface area contributed by atoms with Gasteiger partial charge in [0.2, 0.25) is 0 Å². The Balaban J connectivity index is 2.00. The molecule has 0 aliphatic heterocycles. The van der Waals surface area contributed by atoms with Gasteiger partial charge in [-0.25, -0.2) is 0 Å². The number of methoxy groups -OCH3 is 1. The Morgan fingerprint density at radius 3 is 2.32 bits per heavy atom. The molecule has 19 heavy (non-hydrogen) atoms. The molecule has 4 nitrogen and oxygen atoms in total. The van der Waals surface area contributed by atoms with E-state index in [4.69, 9.17) is 15.2 Å². The van der Waals surface area contributed by atoms with E-state index in [0.29, 0.717) is 17.2 Å². The highest BCUT2D eigenvalue weighted by Gasteiger charge is 2.10. The van der Waals surface area contributed by atoms with Crippen LogP contribution in [-0.2, 0) is 0 Å². The van der Waals surface area contributed by atoms with Crippen LogP contribution in [0.4, 0.5) is 5.69 Å². The summed E-state index contributed by atoms with van der Waals surface area (Å²) in [6.45, 7) is 0.157. The van der Waals surface area contributed by atoms with Crippen molar-refractivity contribution in [2.24, 2.45) is 0 Å². The Bertz CT molecular complexity index is 525. The summed E-state index contributed by atoms with van der Waals surface area (Å²) in [5, 5.41) is 10.0. The van der Waals surface area contributed by atoms with E-state index >= 15 is 0 Å². The van der Waals surface area contributed by atoms with Crippen molar-refractivity contribution in [1.29, 1.82) is 0 Å². The van der Waals surface area contributed by atoms with Gasteiger partial charge in [-0.15, -0.1) is 0 Å². The lowest BCUT2D eigenvalue weighted by Gasteiger charge is -2.14. The molecule has 0 spiro atoms. The average molecular weight is 259 g/mol. The van der Waals surface area contributed by atoms with Gasteiger partial charge in [0.05, 0.1) is 7.11 Å². The van der Waals surface area contributed by atoms with Gasteiger partial charge >= 0.3 is 0 Å². The fourth-order valence-corrected chi connectivity index (χ4v) is 1.72. The minimum Gasteiger partial charge on any atom is -0.493 e. The third-order valence-corrected chi connectivity index (χ3v) is 2.79. The van der Waals surface area contributed by atoms with Gasteiger partial charge in [-0.05, 0) is 29.8 Å². The molecule has 100 valence electrons. The number of para-hydroxylation sites is 2.